The zero-order valence-corrected chi connectivity index (χ0v) is 6.34. The van der Waals surface area contributed by atoms with Crippen LogP contribution in [0.3, 0.4) is 0 Å². The minimum Gasteiger partial charge on any atom is -0.396 e. The molecule has 1 aliphatic rings. The molecule has 1 aliphatic carbocycles. The number of hydrogen-bond acceptors (Lipinski definition) is 2. The summed E-state index contributed by atoms with van der Waals surface area (Å²) >= 11 is 0. The first kappa shape index (κ1) is 7.76. The van der Waals surface area contributed by atoms with Crippen molar-refractivity contribution in [3.05, 3.63) is 12.7 Å². The molecule has 1 saturated carbocycles. The standard InChI is InChI=1S/C8H14O2/c1-3-7-4-8(7,5-9)6-10-2/h3,7,9H,1,4-6H2,2H3. The van der Waals surface area contributed by atoms with E-state index in [0.717, 1.165) is 6.42 Å². The highest BCUT2D eigenvalue weighted by molar-refractivity contribution is 5.09. The predicted molar refractivity (Wildman–Crippen MR) is 39.7 cm³/mol. The molecule has 1 N–H and O–H groups in total. The Morgan fingerprint density at radius 2 is 2.60 bits per heavy atom. The van der Waals surface area contributed by atoms with Crippen molar-refractivity contribution in [3.8, 4) is 0 Å². The van der Waals surface area contributed by atoms with Crippen LogP contribution in [0.5, 0.6) is 0 Å². The first-order chi connectivity index (χ1) is 4.79. The van der Waals surface area contributed by atoms with Gasteiger partial charge in [-0.3, -0.25) is 0 Å². The SMILES string of the molecule is C=CC1CC1(CO)COC. The van der Waals surface area contributed by atoms with Crippen LogP contribution in [0.25, 0.3) is 0 Å². The molecule has 0 aliphatic heterocycles. The van der Waals surface area contributed by atoms with Gasteiger partial charge in [0.1, 0.15) is 0 Å². The van der Waals surface area contributed by atoms with Gasteiger partial charge in [-0.1, -0.05) is 6.08 Å². The Morgan fingerprint density at radius 3 is 2.90 bits per heavy atom. The fourth-order valence-corrected chi connectivity index (χ4v) is 1.39. The van der Waals surface area contributed by atoms with Crippen molar-refractivity contribution in [1.82, 2.24) is 0 Å². The van der Waals surface area contributed by atoms with Crippen LogP contribution in [0, 0.1) is 11.3 Å². The molecule has 2 nitrogen and oxygen atoms in total. The average molecular weight is 142 g/mol. The molecule has 0 saturated heterocycles. The van der Waals surface area contributed by atoms with Crippen LogP contribution >= 0.6 is 0 Å². The van der Waals surface area contributed by atoms with Crippen molar-refractivity contribution in [2.24, 2.45) is 11.3 Å². The molecule has 0 bridgehead atoms. The summed E-state index contributed by atoms with van der Waals surface area (Å²) < 4.78 is 4.98. The predicted octanol–water partition coefficient (Wildman–Crippen LogP) is 0.817. The number of rotatable bonds is 4. The quantitative estimate of drug-likeness (QED) is 0.589. The van der Waals surface area contributed by atoms with Crippen molar-refractivity contribution in [2.45, 2.75) is 6.42 Å². The summed E-state index contributed by atoms with van der Waals surface area (Å²) in [5.41, 5.74) is 0.0243. The Kier molecular flexibility index (Phi) is 2.11. The van der Waals surface area contributed by atoms with E-state index in [4.69, 9.17) is 9.84 Å². The van der Waals surface area contributed by atoms with E-state index < -0.39 is 0 Å². The largest absolute Gasteiger partial charge is 0.396 e. The minimum atomic E-state index is 0.0243. The Balaban J connectivity index is 2.41. The Labute approximate surface area is 61.5 Å². The average Bonchev–Trinajstić information content (AvgIpc) is 2.65. The van der Waals surface area contributed by atoms with Gasteiger partial charge in [-0.15, -0.1) is 6.58 Å². The first-order valence-electron chi connectivity index (χ1n) is 3.51. The number of methoxy groups -OCH3 is 1. The lowest BCUT2D eigenvalue weighted by atomic mass is 10.1. The van der Waals surface area contributed by atoms with Crippen LogP contribution in [-0.2, 0) is 4.74 Å². The summed E-state index contributed by atoms with van der Waals surface area (Å²) in [5, 5.41) is 8.96. The maximum Gasteiger partial charge on any atom is 0.0546 e. The topological polar surface area (TPSA) is 29.5 Å². The number of ether oxygens (including phenoxy) is 1. The molecule has 1 rings (SSSR count). The van der Waals surface area contributed by atoms with Crippen molar-refractivity contribution in [3.63, 3.8) is 0 Å². The second kappa shape index (κ2) is 2.72. The maximum atomic E-state index is 8.96. The van der Waals surface area contributed by atoms with E-state index >= 15 is 0 Å². The van der Waals surface area contributed by atoms with Crippen LogP contribution in [0.1, 0.15) is 6.42 Å². The van der Waals surface area contributed by atoms with Gasteiger partial charge in [-0.2, -0.15) is 0 Å². The molecule has 2 atom stereocenters. The number of aliphatic hydroxyl groups excluding tert-OH is 1. The van der Waals surface area contributed by atoms with Crippen LogP contribution < -0.4 is 0 Å². The van der Waals surface area contributed by atoms with E-state index in [2.05, 4.69) is 6.58 Å². The highest BCUT2D eigenvalue weighted by atomic mass is 16.5. The molecular weight excluding hydrogens is 128 g/mol. The minimum absolute atomic E-state index is 0.0243. The van der Waals surface area contributed by atoms with E-state index in [1.54, 1.807) is 7.11 Å². The van der Waals surface area contributed by atoms with Gasteiger partial charge in [0.15, 0.2) is 0 Å². The molecule has 58 valence electrons. The lowest BCUT2D eigenvalue weighted by Crippen LogP contribution is -2.15. The molecular formula is C8H14O2. The Bertz CT molecular complexity index is 133. The van der Waals surface area contributed by atoms with Gasteiger partial charge < -0.3 is 9.84 Å². The van der Waals surface area contributed by atoms with Gasteiger partial charge in [-0.05, 0) is 12.3 Å². The zero-order valence-electron chi connectivity index (χ0n) is 6.34. The molecule has 0 aromatic heterocycles. The van der Waals surface area contributed by atoms with Gasteiger partial charge in [0.25, 0.3) is 0 Å². The highest BCUT2D eigenvalue weighted by Crippen LogP contribution is 2.52. The molecule has 0 aromatic rings. The van der Waals surface area contributed by atoms with Crippen LogP contribution in [-0.4, -0.2) is 25.4 Å². The van der Waals surface area contributed by atoms with Crippen LogP contribution in [0.4, 0.5) is 0 Å². The summed E-state index contributed by atoms with van der Waals surface area (Å²) in [6, 6.07) is 0. The Morgan fingerprint density at radius 1 is 1.90 bits per heavy atom. The molecule has 10 heavy (non-hydrogen) atoms. The number of hydrogen-bond donors (Lipinski definition) is 1. The van der Waals surface area contributed by atoms with Crippen LogP contribution in [0.2, 0.25) is 0 Å². The van der Waals surface area contributed by atoms with Crippen molar-refractivity contribution in [2.75, 3.05) is 20.3 Å². The fourth-order valence-electron chi connectivity index (χ4n) is 1.39. The second-order valence-corrected chi connectivity index (χ2v) is 3.00. The van der Waals surface area contributed by atoms with E-state index in [1.165, 1.54) is 0 Å². The van der Waals surface area contributed by atoms with Crippen molar-refractivity contribution >= 4 is 0 Å². The van der Waals surface area contributed by atoms with Crippen molar-refractivity contribution < 1.29 is 9.84 Å². The summed E-state index contributed by atoms with van der Waals surface area (Å²) in [6.07, 6.45) is 2.93. The molecule has 0 amide bonds. The fraction of sp³-hybridized carbons (Fsp3) is 0.750. The molecule has 0 aromatic carbocycles. The van der Waals surface area contributed by atoms with Gasteiger partial charge in [-0.25, -0.2) is 0 Å². The monoisotopic (exact) mass is 142 g/mol. The lowest BCUT2D eigenvalue weighted by molar-refractivity contribution is 0.0900. The number of allylic oxidation sites excluding steroid dienone is 1. The maximum absolute atomic E-state index is 8.96. The van der Waals surface area contributed by atoms with Crippen molar-refractivity contribution in [1.29, 1.82) is 0 Å². The summed E-state index contributed by atoms with van der Waals surface area (Å²) in [7, 11) is 1.66. The number of aliphatic hydroxyl groups is 1. The molecule has 2 heteroatoms. The summed E-state index contributed by atoms with van der Waals surface area (Å²) in [4.78, 5) is 0. The van der Waals surface area contributed by atoms with Gasteiger partial charge in [0, 0.05) is 12.5 Å². The first-order valence-corrected chi connectivity index (χ1v) is 3.51. The highest BCUT2D eigenvalue weighted by Gasteiger charge is 2.51. The smallest absolute Gasteiger partial charge is 0.0546 e. The zero-order chi connectivity index (χ0) is 7.61. The third kappa shape index (κ3) is 1.09. The lowest BCUT2D eigenvalue weighted by Gasteiger charge is -2.10. The van der Waals surface area contributed by atoms with E-state index in [1.807, 2.05) is 6.08 Å². The van der Waals surface area contributed by atoms with E-state index in [0.29, 0.717) is 12.5 Å². The van der Waals surface area contributed by atoms with Gasteiger partial charge in [0.05, 0.1) is 13.2 Å². The van der Waals surface area contributed by atoms with E-state index in [-0.39, 0.29) is 12.0 Å². The molecule has 0 spiro atoms. The molecule has 0 radical (unpaired) electrons. The van der Waals surface area contributed by atoms with Gasteiger partial charge >= 0.3 is 0 Å². The Hall–Kier alpha value is -0.340. The summed E-state index contributed by atoms with van der Waals surface area (Å²) in [5.74, 6) is 0.470. The normalized spacial score (nSPS) is 37.6. The third-order valence-corrected chi connectivity index (χ3v) is 2.28. The molecule has 2 unspecified atom stereocenters. The second-order valence-electron chi connectivity index (χ2n) is 3.00. The summed E-state index contributed by atoms with van der Waals surface area (Å²) in [6.45, 7) is 4.55. The van der Waals surface area contributed by atoms with Crippen LogP contribution in [0.15, 0.2) is 12.7 Å². The van der Waals surface area contributed by atoms with Gasteiger partial charge in [0.2, 0.25) is 0 Å². The van der Waals surface area contributed by atoms with E-state index in [9.17, 15) is 0 Å². The third-order valence-electron chi connectivity index (χ3n) is 2.28. The molecule has 1 fully saturated rings. The molecule has 0 heterocycles.